The van der Waals surface area contributed by atoms with E-state index in [1.807, 2.05) is 30.3 Å². The number of amides is 1. The highest BCUT2D eigenvalue weighted by Crippen LogP contribution is 2.33. The number of hydrogen-bond donors (Lipinski definition) is 1. The van der Waals surface area contributed by atoms with Crippen LogP contribution in [0.4, 0.5) is 6.01 Å². The maximum Gasteiger partial charge on any atom is 0.322 e. The van der Waals surface area contributed by atoms with E-state index in [0.29, 0.717) is 28.4 Å². The summed E-state index contributed by atoms with van der Waals surface area (Å²) in [7, 11) is 4.61. The van der Waals surface area contributed by atoms with E-state index >= 15 is 0 Å². The molecule has 30 heavy (non-hydrogen) atoms. The molecule has 4 rings (SSSR count). The lowest BCUT2D eigenvalue weighted by Crippen LogP contribution is -2.13. The number of carbonyl (C=O) groups is 1. The predicted molar refractivity (Wildman–Crippen MR) is 111 cm³/mol. The van der Waals surface area contributed by atoms with Gasteiger partial charge in [-0.15, -0.1) is 5.10 Å². The zero-order valence-electron chi connectivity index (χ0n) is 16.6. The molecular weight excluding hydrogens is 386 g/mol. The molecule has 8 heteroatoms. The quantitative estimate of drug-likeness (QED) is 0.514. The van der Waals surface area contributed by atoms with E-state index in [1.165, 1.54) is 14.2 Å². The van der Waals surface area contributed by atoms with E-state index in [0.717, 1.165) is 10.8 Å². The van der Waals surface area contributed by atoms with E-state index in [4.69, 9.17) is 18.6 Å². The Hall–Kier alpha value is -4.07. The molecule has 0 saturated carbocycles. The van der Waals surface area contributed by atoms with Gasteiger partial charge in [0.25, 0.3) is 11.8 Å². The fraction of sp³-hybridized carbons (Fsp3) is 0.136. The normalized spacial score (nSPS) is 10.6. The average Bonchev–Trinajstić information content (AvgIpc) is 3.25. The standard InChI is InChI=1S/C22H19N3O5/c1-27-15-8-9-16(19(12-15)29-3)21-24-25-22(30-21)23-20(26)17-10-13-6-4-5-7-14(13)11-18(17)28-2/h4-12H,1-3H3,(H,23,25,26). The van der Waals surface area contributed by atoms with Crippen molar-refractivity contribution in [3.05, 3.63) is 60.2 Å². The van der Waals surface area contributed by atoms with Crippen molar-refractivity contribution in [1.29, 1.82) is 0 Å². The Labute approximate surface area is 172 Å². The van der Waals surface area contributed by atoms with Crippen LogP contribution in [0.1, 0.15) is 10.4 Å². The largest absolute Gasteiger partial charge is 0.497 e. The van der Waals surface area contributed by atoms with Crippen LogP contribution in [-0.4, -0.2) is 37.4 Å². The van der Waals surface area contributed by atoms with Gasteiger partial charge in [-0.25, -0.2) is 0 Å². The van der Waals surface area contributed by atoms with Crippen LogP contribution in [0, 0.1) is 0 Å². The van der Waals surface area contributed by atoms with Gasteiger partial charge >= 0.3 is 6.01 Å². The Bertz CT molecular complexity index is 1220. The summed E-state index contributed by atoms with van der Waals surface area (Å²) in [5, 5.41) is 12.4. The molecule has 1 N–H and O–H groups in total. The lowest BCUT2D eigenvalue weighted by Gasteiger charge is -2.09. The number of ether oxygens (including phenoxy) is 3. The van der Waals surface area contributed by atoms with Crippen LogP contribution in [-0.2, 0) is 0 Å². The molecule has 0 aliphatic heterocycles. The van der Waals surface area contributed by atoms with Gasteiger partial charge in [0, 0.05) is 6.07 Å². The van der Waals surface area contributed by atoms with Gasteiger partial charge in [-0.1, -0.05) is 29.4 Å². The van der Waals surface area contributed by atoms with E-state index in [9.17, 15) is 4.79 Å². The van der Waals surface area contributed by atoms with Crippen molar-refractivity contribution in [3.63, 3.8) is 0 Å². The Kier molecular flexibility index (Phi) is 5.21. The summed E-state index contributed by atoms with van der Waals surface area (Å²) in [6, 6.07) is 16.4. The van der Waals surface area contributed by atoms with Gasteiger partial charge in [0.1, 0.15) is 17.2 Å². The van der Waals surface area contributed by atoms with Gasteiger partial charge in [-0.05, 0) is 35.0 Å². The molecule has 0 aliphatic rings. The van der Waals surface area contributed by atoms with Crippen molar-refractivity contribution in [1.82, 2.24) is 10.2 Å². The summed E-state index contributed by atoms with van der Waals surface area (Å²) in [6.07, 6.45) is 0. The number of anilines is 1. The number of rotatable bonds is 6. The van der Waals surface area contributed by atoms with Crippen LogP contribution in [0.3, 0.4) is 0 Å². The van der Waals surface area contributed by atoms with Gasteiger partial charge in [0.2, 0.25) is 0 Å². The molecule has 8 nitrogen and oxygen atoms in total. The number of nitrogens with one attached hydrogen (secondary N) is 1. The third kappa shape index (κ3) is 3.62. The second-order valence-corrected chi connectivity index (χ2v) is 6.33. The number of benzene rings is 3. The summed E-state index contributed by atoms with van der Waals surface area (Å²) in [5.41, 5.74) is 0.938. The van der Waals surface area contributed by atoms with Crippen LogP contribution in [0.15, 0.2) is 59.0 Å². The van der Waals surface area contributed by atoms with Gasteiger partial charge in [0.15, 0.2) is 0 Å². The molecule has 1 heterocycles. The molecular formula is C22H19N3O5. The van der Waals surface area contributed by atoms with Crippen molar-refractivity contribution < 1.29 is 23.4 Å². The van der Waals surface area contributed by atoms with Crippen molar-refractivity contribution in [2.24, 2.45) is 0 Å². The number of nitrogens with zero attached hydrogens (tertiary/aromatic N) is 2. The summed E-state index contributed by atoms with van der Waals surface area (Å²) in [5.74, 6) is 1.37. The number of fused-ring (bicyclic) bond motifs is 1. The van der Waals surface area contributed by atoms with Crippen molar-refractivity contribution >= 4 is 22.7 Å². The van der Waals surface area contributed by atoms with Crippen LogP contribution >= 0.6 is 0 Å². The highest BCUT2D eigenvalue weighted by Gasteiger charge is 2.19. The Morgan fingerprint density at radius 1 is 0.867 bits per heavy atom. The number of methoxy groups -OCH3 is 3. The summed E-state index contributed by atoms with van der Waals surface area (Å²) >= 11 is 0. The van der Waals surface area contributed by atoms with Crippen LogP contribution in [0.25, 0.3) is 22.2 Å². The molecule has 0 fully saturated rings. The fourth-order valence-corrected chi connectivity index (χ4v) is 3.09. The zero-order valence-corrected chi connectivity index (χ0v) is 16.6. The topological polar surface area (TPSA) is 95.7 Å². The third-order valence-electron chi connectivity index (χ3n) is 4.60. The average molecular weight is 405 g/mol. The molecule has 0 aliphatic carbocycles. The van der Waals surface area contributed by atoms with Crippen LogP contribution in [0.2, 0.25) is 0 Å². The van der Waals surface area contributed by atoms with E-state index in [1.54, 1.807) is 31.4 Å². The van der Waals surface area contributed by atoms with Crippen LogP contribution in [0.5, 0.6) is 17.2 Å². The first kappa shape index (κ1) is 19.3. The Morgan fingerprint density at radius 2 is 1.60 bits per heavy atom. The zero-order chi connectivity index (χ0) is 21.1. The number of carbonyl (C=O) groups excluding carboxylic acids is 1. The minimum Gasteiger partial charge on any atom is -0.497 e. The molecule has 0 radical (unpaired) electrons. The first-order valence-electron chi connectivity index (χ1n) is 9.07. The molecule has 0 atom stereocenters. The third-order valence-corrected chi connectivity index (χ3v) is 4.60. The van der Waals surface area contributed by atoms with Gasteiger partial charge in [-0.3, -0.25) is 10.1 Å². The van der Waals surface area contributed by atoms with Gasteiger partial charge in [0.05, 0.1) is 32.5 Å². The second-order valence-electron chi connectivity index (χ2n) is 6.33. The second kappa shape index (κ2) is 8.12. The van der Waals surface area contributed by atoms with Crippen molar-refractivity contribution in [3.8, 4) is 28.7 Å². The Morgan fingerprint density at radius 3 is 2.30 bits per heavy atom. The molecule has 0 saturated heterocycles. The van der Waals surface area contributed by atoms with Gasteiger partial charge in [-0.2, -0.15) is 0 Å². The van der Waals surface area contributed by atoms with Gasteiger partial charge < -0.3 is 18.6 Å². The maximum absolute atomic E-state index is 12.8. The predicted octanol–water partition coefficient (Wildman–Crippen LogP) is 4.17. The lowest BCUT2D eigenvalue weighted by atomic mass is 10.1. The minimum absolute atomic E-state index is 0.0388. The number of hydrogen-bond acceptors (Lipinski definition) is 7. The van der Waals surface area contributed by atoms with E-state index in [-0.39, 0.29) is 11.9 Å². The Balaban J connectivity index is 1.61. The molecule has 3 aromatic carbocycles. The molecule has 4 aromatic rings. The van der Waals surface area contributed by atoms with Crippen molar-refractivity contribution in [2.75, 3.05) is 26.6 Å². The summed E-state index contributed by atoms with van der Waals surface area (Å²) < 4.78 is 21.6. The van der Waals surface area contributed by atoms with Crippen LogP contribution < -0.4 is 19.5 Å². The highest BCUT2D eigenvalue weighted by atomic mass is 16.5. The maximum atomic E-state index is 12.8. The molecule has 0 bridgehead atoms. The SMILES string of the molecule is COc1ccc(-c2nnc(NC(=O)c3cc4ccccc4cc3OC)o2)c(OC)c1. The van der Waals surface area contributed by atoms with Crippen molar-refractivity contribution in [2.45, 2.75) is 0 Å². The number of aromatic nitrogens is 2. The summed E-state index contributed by atoms with van der Waals surface area (Å²) in [6.45, 7) is 0. The molecule has 0 spiro atoms. The molecule has 1 amide bonds. The monoisotopic (exact) mass is 405 g/mol. The lowest BCUT2D eigenvalue weighted by molar-refractivity contribution is 0.102. The minimum atomic E-state index is -0.422. The highest BCUT2D eigenvalue weighted by molar-refractivity contribution is 6.08. The molecule has 1 aromatic heterocycles. The smallest absolute Gasteiger partial charge is 0.322 e. The van der Waals surface area contributed by atoms with E-state index < -0.39 is 5.91 Å². The van der Waals surface area contributed by atoms with E-state index in [2.05, 4.69) is 15.5 Å². The first-order chi connectivity index (χ1) is 14.6. The molecule has 152 valence electrons. The molecule has 0 unspecified atom stereocenters. The first-order valence-corrected chi connectivity index (χ1v) is 9.07. The summed E-state index contributed by atoms with van der Waals surface area (Å²) in [4.78, 5) is 12.8. The fourth-order valence-electron chi connectivity index (χ4n) is 3.09.